The minimum Gasteiger partial charge on any atom is -0.339 e. The number of pyridine rings is 1. The molecule has 0 N–H and O–H groups in total. The topological polar surface area (TPSA) is 53.5 Å². The zero-order valence-electron chi connectivity index (χ0n) is 15.7. The number of likely N-dealkylation sites (N-methyl/N-ethyl adjacent to an activating group) is 1. The Hall–Kier alpha value is -3.80. The number of aromatic nitrogens is 1. The second-order valence-corrected chi connectivity index (χ2v) is 6.68. The monoisotopic (exact) mass is 387 g/mol. The van der Waals surface area contributed by atoms with E-state index in [1.165, 1.54) is 29.2 Å². The summed E-state index contributed by atoms with van der Waals surface area (Å²) in [6.07, 6.45) is 3.23. The Bertz CT molecular complexity index is 1080. The molecule has 0 spiro atoms. The lowest BCUT2D eigenvalue weighted by Gasteiger charge is -2.21. The van der Waals surface area contributed by atoms with Crippen LogP contribution >= 0.6 is 0 Å². The van der Waals surface area contributed by atoms with E-state index in [-0.39, 0.29) is 17.8 Å². The van der Waals surface area contributed by atoms with E-state index in [9.17, 15) is 14.0 Å². The molecule has 2 aromatic carbocycles. The molecule has 0 saturated heterocycles. The molecule has 1 aliphatic heterocycles. The Balaban J connectivity index is 1.79. The Morgan fingerprint density at radius 2 is 1.55 bits per heavy atom. The number of hydrogen-bond acceptors (Lipinski definition) is 4. The van der Waals surface area contributed by atoms with Gasteiger partial charge in [0.05, 0.1) is 12.1 Å². The highest BCUT2D eigenvalue weighted by molar-refractivity contribution is 6.36. The van der Waals surface area contributed by atoms with Crippen molar-refractivity contribution in [2.24, 2.45) is 0 Å². The van der Waals surface area contributed by atoms with Crippen LogP contribution in [0.3, 0.4) is 0 Å². The van der Waals surface area contributed by atoms with Crippen molar-refractivity contribution in [1.29, 1.82) is 0 Å². The molecule has 0 fully saturated rings. The SMILES string of the molecule is CN(C1=C(c2ccc(F)cc2)C(=O)N(Cc2ccncc2)C1=O)c1ccccc1. The molecule has 0 atom stereocenters. The van der Waals surface area contributed by atoms with E-state index in [0.717, 1.165) is 11.3 Å². The van der Waals surface area contributed by atoms with Gasteiger partial charge >= 0.3 is 0 Å². The van der Waals surface area contributed by atoms with Gasteiger partial charge in [0.25, 0.3) is 11.8 Å². The second kappa shape index (κ2) is 7.67. The van der Waals surface area contributed by atoms with E-state index in [1.54, 1.807) is 36.5 Å². The van der Waals surface area contributed by atoms with Crippen molar-refractivity contribution in [2.75, 3.05) is 11.9 Å². The van der Waals surface area contributed by atoms with Gasteiger partial charge in [-0.3, -0.25) is 19.5 Å². The molecule has 2 amide bonds. The molecule has 0 bridgehead atoms. The summed E-state index contributed by atoms with van der Waals surface area (Å²) in [5.74, 6) is -1.20. The lowest BCUT2D eigenvalue weighted by molar-refractivity contribution is -0.137. The fourth-order valence-electron chi connectivity index (χ4n) is 3.35. The number of carbonyl (C=O) groups is 2. The van der Waals surface area contributed by atoms with Gasteiger partial charge in [-0.1, -0.05) is 30.3 Å². The average Bonchev–Trinajstić information content (AvgIpc) is 3.00. The Kier molecular flexibility index (Phi) is 4.91. The first kappa shape index (κ1) is 18.6. The molecule has 29 heavy (non-hydrogen) atoms. The van der Waals surface area contributed by atoms with E-state index in [1.807, 2.05) is 30.3 Å². The Labute approximate surface area is 167 Å². The number of hydrogen-bond donors (Lipinski definition) is 0. The number of nitrogens with zero attached hydrogens (tertiary/aromatic N) is 3. The quantitative estimate of drug-likeness (QED) is 0.628. The number of anilines is 1. The van der Waals surface area contributed by atoms with Crippen molar-refractivity contribution < 1.29 is 14.0 Å². The van der Waals surface area contributed by atoms with E-state index >= 15 is 0 Å². The van der Waals surface area contributed by atoms with Gasteiger partial charge in [-0.2, -0.15) is 0 Å². The largest absolute Gasteiger partial charge is 0.339 e. The van der Waals surface area contributed by atoms with Gasteiger partial charge in [-0.15, -0.1) is 0 Å². The van der Waals surface area contributed by atoms with E-state index in [2.05, 4.69) is 4.98 Å². The number of halogens is 1. The molecular formula is C23H18FN3O2. The molecule has 0 aliphatic carbocycles. The number of rotatable bonds is 5. The molecular weight excluding hydrogens is 369 g/mol. The van der Waals surface area contributed by atoms with E-state index < -0.39 is 17.6 Å². The maximum absolute atomic E-state index is 13.4. The molecule has 0 saturated carbocycles. The first-order valence-corrected chi connectivity index (χ1v) is 9.10. The second-order valence-electron chi connectivity index (χ2n) is 6.68. The third kappa shape index (κ3) is 3.52. The summed E-state index contributed by atoms with van der Waals surface area (Å²) in [5, 5.41) is 0. The molecule has 1 aliphatic rings. The van der Waals surface area contributed by atoms with Crippen LogP contribution in [0.5, 0.6) is 0 Å². The molecule has 0 radical (unpaired) electrons. The number of imide groups is 1. The molecule has 2 heterocycles. The fraction of sp³-hybridized carbons (Fsp3) is 0.0870. The summed E-state index contributed by atoms with van der Waals surface area (Å²) in [6, 6.07) is 18.4. The van der Waals surface area contributed by atoms with Crippen LogP contribution in [-0.4, -0.2) is 28.7 Å². The third-order valence-electron chi connectivity index (χ3n) is 4.85. The summed E-state index contributed by atoms with van der Waals surface area (Å²) >= 11 is 0. The highest BCUT2D eigenvalue weighted by Gasteiger charge is 2.41. The van der Waals surface area contributed by atoms with Gasteiger partial charge < -0.3 is 4.90 Å². The van der Waals surface area contributed by atoms with Crippen LogP contribution < -0.4 is 4.90 Å². The lowest BCUT2D eigenvalue weighted by atomic mass is 10.0. The van der Waals surface area contributed by atoms with Gasteiger partial charge in [0, 0.05) is 25.1 Å². The zero-order valence-corrected chi connectivity index (χ0v) is 15.7. The van der Waals surface area contributed by atoms with Crippen LogP contribution in [0, 0.1) is 5.82 Å². The number of carbonyl (C=O) groups excluding carboxylic acids is 2. The van der Waals surface area contributed by atoms with Crippen molar-refractivity contribution >= 4 is 23.1 Å². The number of para-hydroxylation sites is 1. The number of amides is 2. The predicted octanol–water partition coefficient (Wildman–Crippen LogP) is 3.64. The summed E-state index contributed by atoms with van der Waals surface area (Å²) in [7, 11) is 1.75. The van der Waals surface area contributed by atoms with Gasteiger partial charge in [0.2, 0.25) is 0 Å². The minimum absolute atomic E-state index is 0.136. The fourth-order valence-corrected chi connectivity index (χ4v) is 3.35. The average molecular weight is 387 g/mol. The van der Waals surface area contributed by atoms with E-state index in [0.29, 0.717) is 5.56 Å². The van der Waals surface area contributed by atoms with Crippen LogP contribution in [0.4, 0.5) is 10.1 Å². The Morgan fingerprint density at radius 3 is 2.21 bits per heavy atom. The maximum atomic E-state index is 13.4. The molecule has 1 aromatic heterocycles. The summed E-state index contributed by atoms with van der Waals surface area (Å²) in [4.78, 5) is 33.4. The van der Waals surface area contributed by atoms with E-state index in [4.69, 9.17) is 0 Å². The van der Waals surface area contributed by atoms with Crippen molar-refractivity contribution in [1.82, 2.24) is 9.88 Å². The van der Waals surface area contributed by atoms with Gasteiger partial charge in [0.15, 0.2) is 0 Å². The van der Waals surface area contributed by atoms with Crippen molar-refractivity contribution in [3.8, 4) is 0 Å². The van der Waals surface area contributed by atoms with Gasteiger partial charge in [-0.25, -0.2) is 4.39 Å². The third-order valence-corrected chi connectivity index (χ3v) is 4.85. The van der Waals surface area contributed by atoms with Crippen molar-refractivity contribution in [3.63, 3.8) is 0 Å². The predicted molar refractivity (Wildman–Crippen MR) is 108 cm³/mol. The molecule has 6 heteroatoms. The smallest absolute Gasteiger partial charge is 0.278 e. The zero-order chi connectivity index (χ0) is 20.4. The van der Waals surface area contributed by atoms with Gasteiger partial charge in [-0.05, 0) is 47.5 Å². The molecule has 0 unspecified atom stereocenters. The van der Waals surface area contributed by atoms with Gasteiger partial charge in [0.1, 0.15) is 11.5 Å². The molecule has 4 rings (SSSR count). The van der Waals surface area contributed by atoms with Crippen LogP contribution in [0.2, 0.25) is 0 Å². The highest BCUT2D eigenvalue weighted by atomic mass is 19.1. The van der Waals surface area contributed by atoms with Crippen LogP contribution in [0.15, 0.2) is 84.8 Å². The normalized spacial score (nSPS) is 13.9. The highest BCUT2D eigenvalue weighted by Crippen LogP contribution is 2.34. The summed E-state index contributed by atoms with van der Waals surface area (Å²) in [5.41, 5.74) is 2.59. The summed E-state index contributed by atoms with van der Waals surface area (Å²) in [6.45, 7) is 0.136. The maximum Gasteiger partial charge on any atom is 0.278 e. The molecule has 3 aromatic rings. The first-order chi connectivity index (χ1) is 14.1. The lowest BCUT2D eigenvalue weighted by Crippen LogP contribution is -2.33. The first-order valence-electron chi connectivity index (χ1n) is 9.10. The minimum atomic E-state index is -0.406. The van der Waals surface area contributed by atoms with Crippen LogP contribution in [0.25, 0.3) is 5.57 Å². The molecule has 5 nitrogen and oxygen atoms in total. The Morgan fingerprint density at radius 1 is 0.897 bits per heavy atom. The standard InChI is InChI=1S/C23H18FN3O2/c1-26(19-5-3-2-4-6-19)21-20(17-7-9-18(24)10-8-17)22(28)27(23(21)29)15-16-11-13-25-14-12-16/h2-14H,15H2,1H3. The van der Waals surface area contributed by atoms with Crippen LogP contribution in [0.1, 0.15) is 11.1 Å². The summed E-state index contributed by atoms with van der Waals surface area (Å²) < 4.78 is 13.4. The van der Waals surface area contributed by atoms with Crippen molar-refractivity contribution in [3.05, 3.63) is 102 Å². The molecule has 144 valence electrons. The number of benzene rings is 2. The van der Waals surface area contributed by atoms with Crippen molar-refractivity contribution in [2.45, 2.75) is 6.54 Å². The van der Waals surface area contributed by atoms with Crippen LogP contribution in [-0.2, 0) is 16.1 Å².